The summed E-state index contributed by atoms with van der Waals surface area (Å²) in [6.45, 7) is 8.04. The van der Waals surface area contributed by atoms with Gasteiger partial charge in [0.05, 0.1) is 30.9 Å². The number of fused-ring (bicyclic) bond motifs is 1. The van der Waals surface area contributed by atoms with Crippen LogP contribution in [0.1, 0.15) is 42.9 Å². The Hall–Kier alpha value is -3.68. The zero-order valence-electron chi connectivity index (χ0n) is 23.9. The molecule has 0 saturated carbocycles. The van der Waals surface area contributed by atoms with Crippen molar-refractivity contribution in [1.82, 2.24) is 20.1 Å². The molecular formula is C29H34FN5O6S. The molecule has 3 aliphatic heterocycles. The van der Waals surface area contributed by atoms with Crippen LogP contribution in [0.4, 0.5) is 4.39 Å². The number of carbonyl (C=O) groups excluding carboxylic acids is 2. The van der Waals surface area contributed by atoms with Gasteiger partial charge >= 0.3 is 11.9 Å². The molecule has 0 aliphatic carbocycles. The number of amidine groups is 1. The molecule has 1 amide bonds. The van der Waals surface area contributed by atoms with Gasteiger partial charge in [-0.3, -0.25) is 19.5 Å². The second-order valence-electron chi connectivity index (χ2n) is 11.0. The third-order valence-electron chi connectivity index (χ3n) is 7.99. The Labute approximate surface area is 247 Å². The third-order valence-corrected chi connectivity index (χ3v) is 8.77. The molecule has 2 saturated heterocycles. The van der Waals surface area contributed by atoms with Crippen LogP contribution in [0.5, 0.6) is 0 Å². The molecule has 0 radical (unpaired) electrons. The van der Waals surface area contributed by atoms with E-state index in [4.69, 9.17) is 14.5 Å². The van der Waals surface area contributed by atoms with Crippen molar-refractivity contribution in [3.8, 4) is 0 Å². The van der Waals surface area contributed by atoms with E-state index in [9.17, 15) is 23.9 Å². The molecule has 1 aromatic heterocycles. The summed E-state index contributed by atoms with van der Waals surface area (Å²) in [7, 11) is 0. The number of benzene rings is 1. The minimum absolute atomic E-state index is 0.145. The van der Waals surface area contributed by atoms with E-state index in [0.29, 0.717) is 40.8 Å². The number of hydrogen-bond donors (Lipinski definition) is 2. The van der Waals surface area contributed by atoms with Gasteiger partial charge in [0.2, 0.25) is 5.91 Å². The fourth-order valence-corrected chi connectivity index (χ4v) is 6.16. The summed E-state index contributed by atoms with van der Waals surface area (Å²) in [5, 5.41) is 15.4. The van der Waals surface area contributed by atoms with Gasteiger partial charge in [-0.15, -0.1) is 11.3 Å². The lowest BCUT2D eigenvalue weighted by molar-refractivity contribution is -0.158. The van der Waals surface area contributed by atoms with Crippen LogP contribution in [-0.2, 0) is 23.9 Å². The Balaban J connectivity index is 1.53. The maximum Gasteiger partial charge on any atom is 0.338 e. The van der Waals surface area contributed by atoms with Crippen molar-refractivity contribution in [2.75, 3.05) is 39.4 Å². The van der Waals surface area contributed by atoms with Crippen molar-refractivity contribution in [3.63, 3.8) is 0 Å². The third kappa shape index (κ3) is 5.55. The van der Waals surface area contributed by atoms with Gasteiger partial charge in [0.1, 0.15) is 17.3 Å². The number of rotatable bonds is 8. The van der Waals surface area contributed by atoms with Crippen molar-refractivity contribution in [2.24, 2.45) is 10.4 Å². The molecule has 13 heteroatoms. The highest BCUT2D eigenvalue weighted by Crippen LogP contribution is 2.36. The van der Waals surface area contributed by atoms with Crippen LogP contribution in [0.3, 0.4) is 0 Å². The maximum absolute atomic E-state index is 14.7. The van der Waals surface area contributed by atoms with Crippen LogP contribution < -0.4 is 5.32 Å². The Morgan fingerprint density at radius 1 is 1.29 bits per heavy atom. The van der Waals surface area contributed by atoms with Gasteiger partial charge in [0.15, 0.2) is 10.8 Å². The van der Waals surface area contributed by atoms with Gasteiger partial charge in [0.25, 0.3) is 0 Å². The highest BCUT2D eigenvalue weighted by molar-refractivity contribution is 7.11. The quantitative estimate of drug-likeness (QED) is 0.347. The number of nitrogens with zero attached hydrogens (tertiary/aromatic N) is 4. The van der Waals surface area contributed by atoms with E-state index >= 15 is 0 Å². The van der Waals surface area contributed by atoms with Crippen molar-refractivity contribution < 1.29 is 33.4 Å². The topological polar surface area (TPSA) is 134 Å². The number of aromatic nitrogens is 1. The number of hydrogen-bond acceptors (Lipinski definition) is 10. The molecule has 11 nitrogen and oxygen atoms in total. The summed E-state index contributed by atoms with van der Waals surface area (Å²) >= 11 is 1.38. The fraction of sp³-hybridized carbons (Fsp3) is 0.483. The summed E-state index contributed by atoms with van der Waals surface area (Å²) in [5.74, 6) is -2.18. The molecule has 2 fully saturated rings. The lowest BCUT2D eigenvalue weighted by Gasteiger charge is -2.38. The Morgan fingerprint density at radius 3 is 2.76 bits per heavy atom. The molecule has 2 N–H and O–H groups in total. The number of carboxylic acids is 1. The molecular weight excluding hydrogens is 565 g/mol. The highest BCUT2D eigenvalue weighted by atomic mass is 32.1. The number of aliphatic imine (C=N–C) groups is 1. The van der Waals surface area contributed by atoms with Crippen LogP contribution in [-0.4, -0.2) is 95.1 Å². The number of nitrogens with one attached hydrogen (secondary N) is 1. The smallest absolute Gasteiger partial charge is 0.338 e. The molecule has 42 heavy (non-hydrogen) atoms. The van der Waals surface area contributed by atoms with Gasteiger partial charge in [0, 0.05) is 43.5 Å². The molecule has 3 unspecified atom stereocenters. The molecule has 4 heterocycles. The lowest BCUT2D eigenvalue weighted by Crippen LogP contribution is -2.53. The summed E-state index contributed by atoms with van der Waals surface area (Å²) in [6.07, 6.45) is 1.34. The standard InChI is InChI=1S/C29H34FN5O6S/c1-5-40-26(36)22-19(13-34-10-11-41-21-15-35(14-20(21)34)27(37)29(3,4)28(38)39)32-24(25-31-9-12-42-25)33-23(22)17-7-6-8-18(30)16(17)2/h6-9,12,20-21,23H,5,10-11,13-15H2,1-4H3,(H,32,33)(H,38,39). The van der Waals surface area contributed by atoms with E-state index in [1.807, 2.05) is 5.38 Å². The van der Waals surface area contributed by atoms with E-state index < -0.39 is 35.1 Å². The molecule has 224 valence electrons. The maximum atomic E-state index is 14.7. The number of esters is 1. The zero-order valence-corrected chi connectivity index (χ0v) is 24.7. The average molecular weight is 600 g/mol. The number of ether oxygens (including phenoxy) is 2. The first-order chi connectivity index (χ1) is 20.0. The van der Waals surface area contributed by atoms with Gasteiger partial charge in [-0.25, -0.2) is 14.2 Å². The number of carbonyl (C=O) groups is 3. The minimum Gasteiger partial charge on any atom is -0.480 e. The van der Waals surface area contributed by atoms with Gasteiger partial charge in [-0.05, 0) is 44.9 Å². The first-order valence-electron chi connectivity index (χ1n) is 13.8. The van der Waals surface area contributed by atoms with Crippen LogP contribution in [0.15, 0.2) is 46.0 Å². The SMILES string of the molecule is CCOC(=O)C1=C(CN2CCOC3CN(C(=O)C(C)(C)C(=O)O)CC32)NC(c2nccs2)=NC1c1cccc(F)c1C. The van der Waals surface area contributed by atoms with E-state index in [2.05, 4.69) is 15.2 Å². The highest BCUT2D eigenvalue weighted by Gasteiger charge is 2.48. The monoisotopic (exact) mass is 599 g/mol. The number of morpholine rings is 1. The molecule has 0 bridgehead atoms. The van der Waals surface area contributed by atoms with E-state index in [0.717, 1.165) is 0 Å². The van der Waals surface area contributed by atoms with Crippen molar-refractivity contribution >= 4 is 35.0 Å². The first kappa shape index (κ1) is 29.8. The normalized spacial score (nSPS) is 22.8. The minimum atomic E-state index is -1.57. The van der Waals surface area contributed by atoms with Crippen LogP contribution >= 0.6 is 11.3 Å². The molecule has 5 rings (SSSR count). The molecule has 1 aromatic carbocycles. The van der Waals surface area contributed by atoms with Gasteiger partial charge in [-0.1, -0.05) is 12.1 Å². The second kappa shape index (κ2) is 11.9. The fourth-order valence-electron chi connectivity index (χ4n) is 5.57. The molecule has 3 aliphatic rings. The van der Waals surface area contributed by atoms with Crippen LogP contribution in [0.25, 0.3) is 0 Å². The predicted octanol–water partition coefficient (Wildman–Crippen LogP) is 2.52. The second-order valence-corrected chi connectivity index (χ2v) is 11.9. The summed E-state index contributed by atoms with van der Waals surface area (Å²) in [6, 6.07) is 3.64. The van der Waals surface area contributed by atoms with Crippen LogP contribution in [0.2, 0.25) is 0 Å². The number of amides is 1. The largest absolute Gasteiger partial charge is 0.480 e. The van der Waals surface area contributed by atoms with E-state index in [-0.39, 0.29) is 44.0 Å². The zero-order chi connectivity index (χ0) is 30.2. The average Bonchev–Trinajstić information content (AvgIpc) is 3.65. The van der Waals surface area contributed by atoms with Crippen molar-refractivity contribution in [2.45, 2.75) is 45.9 Å². The molecule has 2 aromatic rings. The number of thiazole rings is 1. The predicted molar refractivity (Wildman–Crippen MR) is 152 cm³/mol. The number of carboxylic acid groups (broad SMARTS) is 1. The Kier molecular flexibility index (Phi) is 8.44. The summed E-state index contributed by atoms with van der Waals surface area (Å²) in [4.78, 5) is 51.3. The van der Waals surface area contributed by atoms with Crippen molar-refractivity contribution in [3.05, 3.63) is 63.0 Å². The number of halogens is 1. The van der Waals surface area contributed by atoms with Crippen molar-refractivity contribution in [1.29, 1.82) is 0 Å². The Morgan fingerprint density at radius 2 is 2.07 bits per heavy atom. The number of aliphatic carboxylic acids is 1. The van der Waals surface area contributed by atoms with Gasteiger partial charge in [-0.2, -0.15) is 0 Å². The van der Waals surface area contributed by atoms with Gasteiger partial charge < -0.3 is 24.8 Å². The number of likely N-dealkylation sites (tertiary alicyclic amines) is 1. The van der Waals surface area contributed by atoms with Crippen LogP contribution in [0, 0.1) is 18.2 Å². The molecule has 3 atom stereocenters. The molecule has 0 spiro atoms. The summed E-state index contributed by atoms with van der Waals surface area (Å²) < 4.78 is 26.2. The first-order valence-corrected chi connectivity index (χ1v) is 14.7. The van der Waals surface area contributed by atoms with E-state index in [1.54, 1.807) is 32.2 Å². The lowest BCUT2D eigenvalue weighted by atomic mass is 9.92. The Bertz CT molecular complexity index is 1440. The summed E-state index contributed by atoms with van der Waals surface area (Å²) in [5.41, 5.74) is 0.160. The van der Waals surface area contributed by atoms with E-state index in [1.165, 1.54) is 36.2 Å².